The molecule has 0 bridgehead atoms. The average Bonchev–Trinajstić information content (AvgIpc) is 2.37. The first kappa shape index (κ1) is 14.8. The van der Waals surface area contributed by atoms with Crippen molar-refractivity contribution in [3.63, 3.8) is 0 Å². The summed E-state index contributed by atoms with van der Waals surface area (Å²) >= 11 is 0. The van der Waals surface area contributed by atoms with Crippen molar-refractivity contribution < 1.29 is 28.2 Å². The molecule has 0 aliphatic rings. The lowest BCUT2D eigenvalue weighted by Gasteiger charge is -2.11. The highest BCUT2D eigenvalue weighted by Crippen LogP contribution is 2.20. The van der Waals surface area contributed by atoms with Crippen molar-refractivity contribution in [2.45, 2.75) is 13.3 Å². The molecule has 0 heterocycles. The Hall–Kier alpha value is -2.24. The van der Waals surface area contributed by atoms with Gasteiger partial charge in [-0.15, -0.1) is 0 Å². The molecule has 102 valence electrons. The quantitative estimate of drug-likeness (QED) is 0.774. The zero-order valence-corrected chi connectivity index (χ0v) is 10.8. The van der Waals surface area contributed by atoms with E-state index in [-0.39, 0.29) is 28.9 Å². The van der Waals surface area contributed by atoms with Crippen LogP contribution >= 0.6 is 0 Å². The first-order valence-corrected chi connectivity index (χ1v) is 5.39. The Morgan fingerprint density at radius 3 is 1.79 bits per heavy atom. The summed E-state index contributed by atoms with van der Waals surface area (Å²) in [4.78, 5) is 34.4. The summed E-state index contributed by atoms with van der Waals surface area (Å²) in [6, 6.07) is 1.85. The predicted octanol–water partition coefficient (Wildman–Crippen LogP) is 1.53. The minimum atomic E-state index is -0.819. The third-order valence-electron chi connectivity index (χ3n) is 2.45. The molecule has 0 saturated heterocycles. The molecule has 0 amide bonds. The summed E-state index contributed by atoms with van der Waals surface area (Å²) < 4.78 is 22.5. The van der Waals surface area contributed by atoms with Gasteiger partial charge < -0.3 is 9.47 Å². The van der Waals surface area contributed by atoms with Gasteiger partial charge in [0.2, 0.25) is 0 Å². The molecule has 0 spiro atoms. The van der Waals surface area contributed by atoms with Gasteiger partial charge in [-0.1, -0.05) is 0 Å². The second kappa shape index (κ2) is 6.08. The highest BCUT2D eigenvalue weighted by molar-refractivity contribution is 6.00. The summed E-state index contributed by atoms with van der Waals surface area (Å²) in [5.41, 5.74) is -0.205. The van der Waals surface area contributed by atoms with Crippen LogP contribution in [0.3, 0.4) is 0 Å². The third kappa shape index (κ3) is 3.37. The fourth-order valence-corrected chi connectivity index (χ4v) is 1.66. The number of benzene rings is 1. The first-order valence-electron chi connectivity index (χ1n) is 5.39. The highest BCUT2D eigenvalue weighted by atomic mass is 19.1. The van der Waals surface area contributed by atoms with Gasteiger partial charge in [0, 0.05) is 6.42 Å². The van der Waals surface area contributed by atoms with Crippen molar-refractivity contribution in [2.24, 2.45) is 0 Å². The maximum Gasteiger partial charge on any atom is 0.338 e. The molecular weight excluding hydrogens is 255 g/mol. The standard InChI is InChI=1S/C13H13FO5/c1-7(15)4-9-10(12(16)18-2)5-8(14)6-11(9)13(17)19-3/h5-6H,4H2,1-3H3. The summed E-state index contributed by atoms with van der Waals surface area (Å²) in [7, 11) is 2.26. The van der Waals surface area contributed by atoms with E-state index in [4.69, 9.17) is 0 Å². The fourth-order valence-electron chi connectivity index (χ4n) is 1.66. The van der Waals surface area contributed by atoms with Crippen LogP contribution in [0.5, 0.6) is 0 Å². The van der Waals surface area contributed by atoms with Gasteiger partial charge in [-0.25, -0.2) is 14.0 Å². The molecule has 1 aromatic carbocycles. The Balaban J connectivity index is 3.52. The number of halogens is 1. The van der Waals surface area contributed by atoms with Crippen LogP contribution < -0.4 is 0 Å². The van der Waals surface area contributed by atoms with Gasteiger partial charge in [0.15, 0.2) is 0 Å². The van der Waals surface area contributed by atoms with Gasteiger partial charge in [0.05, 0.1) is 25.3 Å². The minimum Gasteiger partial charge on any atom is -0.465 e. The van der Waals surface area contributed by atoms with Crippen molar-refractivity contribution in [1.29, 1.82) is 0 Å². The van der Waals surface area contributed by atoms with Crippen molar-refractivity contribution in [1.82, 2.24) is 0 Å². The molecule has 0 radical (unpaired) electrons. The van der Waals surface area contributed by atoms with Crippen LogP contribution in [0, 0.1) is 5.82 Å². The molecule has 0 aliphatic carbocycles. The SMILES string of the molecule is COC(=O)c1cc(F)cc(C(=O)OC)c1CC(C)=O. The number of rotatable bonds is 4. The smallest absolute Gasteiger partial charge is 0.338 e. The van der Waals surface area contributed by atoms with E-state index in [9.17, 15) is 18.8 Å². The van der Waals surface area contributed by atoms with Gasteiger partial charge in [0.25, 0.3) is 0 Å². The van der Waals surface area contributed by atoms with E-state index in [0.29, 0.717) is 0 Å². The maximum atomic E-state index is 13.4. The van der Waals surface area contributed by atoms with Gasteiger partial charge in [-0.3, -0.25) is 4.79 Å². The molecule has 0 fully saturated rings. The molecule has 0 unspecified atom stereocenters. The molecule has 0 N–H and O–H groups in total. The van der Waals surface area contributed by atoms with E-state index in [1.165, 1.54) is 6.92 Å². The molecule has 0 atom stereocenters. The van der Waals surface area contributed by atoms with Crippen LogP contribution in [0.15, 0.2) is 12.1 Å². The van der Waals surface area contributed by atoms with Crippen molar-refractivity contribution >= 4 is 17.7 Å². The van der Waals surface area contributed by atoms with Gasteiger partial charge in [0.1, 0.15) is 11.6 Å². The molecular formula is C13H13FO5. The Kier molecular flexibility index (Phi) is 4.74. The summed E-state index contributed by atoms with van der Waals surface area (Å²) in [5, 5.41) is 0. The topological polar surface area (TPSA) is 69.7 Å². The van der Waals surface area contributed by atoms with E-state index in [2.05, 4.69) is 9.47 Å². The molecule has 1 aromatic rings. The number of carbonyl (C=O) groups excluding carboxylic acids is 3. The van der Waals surface area contributed by atoms with Crippen molar-refractivity contribution in [3.8, 4) is 0 Å². The number of carbonyl (C=O) groups is 3. The number of ether oxygens (including phenoxy) is 2. The van der Waals surface area contributed by atoms with E-state index in [0.717, 1.165) is 26.4 Å². The Bertz CT molecular complexity index is 499. The maximum absolute atomic E-state index is 13.4. The molecule has 1 rings (SSSR count). The van der Waals surface area contributed by atoms with Gasteiger partial charge >= 0.3 is 11.9 Å². The third-order valence-corrected chi connectivity index (χ3v) is 2.45. The Labute approximate surface area is 109 Å². The number of methoxy groups -OCH3 is 2. The van der Waals surface area contributed by atoms with E-state index >= 15 is 0 Å². The molecule has 5 nitrogen and oxygen atoms in total. The van der Waals surface area contributed by atoms with Crippen LogP contribution in [0.1, 0.15) is 33.2 Å². The van der Waals surface area contributed by atoms with Crippen LogP contribution in [-0.2, 0) is 20.7 Å². The number of ketones is 1. The van der Waals surface area contributed by atoms with Gasteiger partial charge in [-0.2, -0.15) is 0 Å². The largest absolute Gasteiger partial charge is 0.465 e. The molecule has 0 aromatic heterocycles. The van der Waals surface area contributed by atoms with Crippen LogP contribution in [-0.4, -0.2) is 31.9 Å². The zero-order valence-electron chi connectivity index (χ0n) is 10.8. The lowest BCUT2D eigenvalue weighted by atomic mass is 9.96. The van der Waals surface area contributed by atoms with E-state index < -0.39 is 17.8 Å². The Morgan fingerprint density at radius 1 is 1.05 bits per heavy atom. The van der Waals surface area contributed by atoms with Crippen LogP contribution in [0.25, 0.3) is 0 Å². The van der Waals surface area contributed by atoms with Crippen molar-refractivity contribution in [2.75, 3.05) is 14.2 Å². The lowest BCUT2D eigenvalue weighted by Crippen LogP contribution is -2.15. The van der Waals surface area contributed by atoms with Gasteiger partial charge in [-0.05, 0) is 24.6 Å². The molecule has 6 heteroatoms. The van der Waals surface area contributed by atoms with Crippen molar-refractivity contribution in [3.05, 3.63) is 34.6 Å². The minimum absolute atomic E-state index is 0.104. The Morgan fingerprint density at radius 2 is 1.47 bits per heavy atom. The number of hydrogen-bond donors (Lipinski definition) is 0. The normalized spacial score (nSPS) is 9.89. The second-order valence-electron chi connectivity index (χ2n) is 3.84. The first-order chi connectivity index (χ1) is 8.90. The lowest BCUT2D eigenvalue weighted by molar-refractivity contribution is -0.116. The average molecular weight is 268 g/mol. The predicted molar refractivity (Wildman–Crippen MR) is 63.5 cm³/mol. The summed E-state index contributed by atoms with van der Waals surface area (Å²) in [6.45, 7) is 1.30. The monoisotopic (exact) mass is 268 g/mol. The number of Topliss-reactive ketones (excluding diaryl/α,β-unsaturated/α-hetero) is 1. The summed E-state index contributed by atoms with van der Waals surface area (Å²) in [6.07, 6.45) is -0.185. The van der Waals surface area contributed by atoms with Crippen LogP contribution in [0.4, 0.5) is 4.39 Å². The number of esters is 2. The second-order valence-corrected chi connectivity index (χ2v) is 3.84. The zero-order chi connectivity index (χ0) is 14.6. The highest BCUT2D eigenvalue weighted by Gasteiger charge is 2.22. The summed E-state index contributed by atoms with van der Waals surface area (Å²) in [5.74, 6) is -2.70. The number of hydrogen-bond acceptors (Lipinski definition) is 5. The molecule has 0 saturated carbocycles. The fraction of sp³-hybridized carbons (Fsp3) is 0.308. The van der Waals surface area contributed by atoms with E-state index in [1.54, 1.807) is 0 Å². The van der Waals surface area contributed by atoms with Crippen LogP contribution in [0.2, 0.25) is 0 Å². The molecule has 19 heavy (non-hydrogen) atoms. The van der Waals surface area contributed by atoms with E-state index in [1.807, 2.05) is 0 Å². The molecule has 0 aliphatic heterocycles.